The Morgan fingerprint density at radius 1 is 1.00 bits per heavy atom. The molecule has 2 aliphatic rings. The Morgan fingerprint density at radius 2 is 1.70 bits per heavy atom. The number of carbonyl (C=O) groups is 2. The lowest BCUT2D eigenvalue weighted by Gasteiger charge is -2.46. The van der Waals surface area contributed by atoms with Crippen molar-refractivity contribution in [1.29, 1.82) is 0 Å². The number of hydrogen-bond acceptors (Lipinski definition) is 8. The predicted molar refractivity (Wildman–Crippen MR) is 137 cm³/mol. The molecule has 5 rings (SSSR count). The van der Waals surface area contributed by atoms with Crippen LogP contribution in [0.2, 0.25) is 0 Å². The monoisotopic (exact) mass is 506 g/mol. The van der Waals surface area contributed by atoms with Crippen LogP contribution >= 0.6 is 0 Å². The van der Waals surface area contributed by atoms with E-state index in [0.717, 1.165) is 26.3 Å². The van der Waals surface area contributed by atoms with Gasteiger partial charge in [-0.15, -0.1) is 0 Å². The van der Waals surface area contributed by atoms with Gasteiger partial charge in [0, 0.05) is 35.9 Å². The predicted octanol–water partition coefficient (Wildman–Crippen LogP) is 3.73. The van der Waals surface area contributed by atoms with Gasteiger partial charge in [-0.25, -0.2) is 9.78 Å². The molecule has 2 fully saturated rings. The number of likely N-dealkylation sites (tertiary alicyclic amines) is 1. The molecule has 0 saturated carbocycles. The third-order valence-corrected chi connectivity index (χ3v) is 6.18. The van der Waals surface area contributed by atoms with E-state index in [1.54, 1.807) is 48.7 Å². The number of nitrogens with one attached hydrogen (secondary N) is 3. The Bertz CT molecular complexity index is 1240. The summed E-state index contributed by atoms with van der Waals surface area (Å²) in [7, 11) is 0. The first kappa shape index (κ1) is 24.7. The van der Waals surface area contributed by atoms with E-state index in [0.29, 0.717) is 34.7 Å². The molecule has 0 bridgehead atoms. The number of pyridine rings is 1. The quantitative estimate of drug-likeness (QED) is 0.442. The summed E-state index contributed by atoms with van der Waals surface area (Å²) in [6.07, 6.45) is 1.70. The molecule has 2 saturated heterocycles. The molecule has 3 aromatic rings. The lowest BCUT2D eigenvalue weighted by Crippen LogP contribution is -2.62. The van der Waals surface area contributed by atoms with Crippen LogP contribution in [-0.4, -0.2) is 65.4 Å². The van der Waals surface area contributed by atoms with E-state index in [1.807, 2.05) is 20.8 Å². The largest absolute Gasteiger partial charge is 0.486 e. The zero-order chi connectivity index (χ0) is 26.0. The van der Waals surface area contributed by atoms with Gasteiger partial charge >= 0.3 is 6.03 Å². The SMILES string of the molecule is CC(C)(C)c1cc(NC(=O)Nc2ccc(NC(=O)c3ccc(OC4CN(C5COC5)C4)cn3)cc2)no1. The van der Waals surface area contributed by atoms with Gasteiger partial charge in [-0.3, -0.25) is 15.0 Å². The molecule has 194 valence electrons. The van der Waals surface area contributed by atoms with Crippen LogP contribution in [0.5, 0.6) is 5.75 Å². The summed E-state index contributed by atoms with van der Waals surface area (Å²) in [5.74, 6) is 1.29. The van der Waals surface area contributed by atoms with E-state index in [9.17, 15) is 9.59 Å². The third-order valence-electron chi connectivity index (χ3n) is 6.18. The molecule has 3 amide bonds. The van der Waals surface area contributed by atoms with Crippen molar-refractivity contribution in [3.8, 4) is 5.75 Å². The van der Waals surface area contributed by atoms with Crippen LogP contribution in [0.3, 0.4) is 0 Å². The van der Waals surface area contributed by atoms with Crippen LogP contribution in [0.4, 0.5) is 22.0 Å². The minimum atomic E-state index is -0.455. The van der Waals surface area contributed by atoms with Gasteiger partial charge in [0.1, 0.15) is 23.3 Å². The standard InChI is InChI=1S/C26H30N6O5/c1-26(2,3)22-10-23(31-37-22)30-25(34)29-17-6-4-16(5-7-17)28-24(33)21-9-8-19(11-27-21)36-20-12-32(13-20)18-14-35-15-18/h4-11,18,20H,12-15H2,1-3H3,(H,28,33)(H2,29,30,31,34). The first-order chi connectivity index (χ1) is 17.7. The molecule has 1 aromatic carbocycles. The fraction of sp³-hybridized carbons (Fsp3) is 0.385. The van der Waals surface area contributed by atoms with Crippen molar-refractivity contribution in [2.24, 2.45) is 0 Å². The highest BCUT2D eigenvalue weighted by Crippen LogP contribution is 2.25. The van der Waals surface area contributed by atoms with E-state index < -0.39 is 6.03 Å². The van der Waals surface area contributed by atoms with Gasteiger partial charge in [-0.05, 0) is 36.4 Å². The highest BCUT2D eigenvalue weighted by molar-refractivity contribution is 6.03. The summed E-state index contributed by atoms with van der Waals surface area (Å²) in [5, 5.41) is 12.0. The van der Waals surface area contributed by atoms with Crippen molar-refractivity contribution in [3.63, 3.8) is 0 Å². The van der Waals surface area contributed by atoms with E-state index in [-0.39, 0.29) is 23.1 Å². The van der Waals surface area contributed by atoms with Gasteiger partial charge in [0.2, 0.25) is 0 Å². The lowest BCUT2D eigenvalue weighted by atomic mass is 9.93. The molecule has 37 heavy (non-hydrogen) atoms. The van der Waals surface area contributed by atoms with Gasteiger partial charge in [0.25, 0.3) is 5.91 Å². The molecule has 0 aliphatic carbocycles. The van der Waals surface area contributed by atoms with E-state index in [4.69, 9.17) is 14.0 Å². The number of anilines is 3. The summed E-state index contributed by atoms with van der Waals surface area (Å²) in [5.41, 5.74) is 1.18. The fourth-order valence-electron chi connectivity index (χ4n) is 3.85. The number of ether oxygens (including phenoxy) is 2. The van der Waals surface area contributed by atoms with Crippen LogP contribution in [0, 0.1) is 0 Å². The number of urea groups is 1. The number of aromatic nitrogens is 2. The molecule has 0 unspecified atom stereocenters. The summed E-state index contributed by atoms with van der Waals surface area (Å²) >= 11 is 0. The molecule has 4 heterocycles. The normalized spacial score (nSPS) is 16.4. The highest BCUT2D eigenvalue weighted by Gasteiger charge is 2.37. The van der Waals surface area contributed by atoms with Crippen molar-refractivity contribution in [1.82, 2.24) is 15.0 Å². The molecular weight excluding hydrogens is 476 g/mol. The number of carbonyl (C=O) groups excluding carboxylic acids is 2. The molecule has 11 heteroatoms. The lowest BCUT2D eigenvalue weighted by molar-refractivity contribution is -0.115. The maximum absolute atomic E-state index is 12.6. The van der Waals surface area contributed by atoms with Gasteiger partial charge in [-0.2, -0.15) is 0 Å². The molecular formula is C26H30N6O5. The second-order valence-electron chi connectivity index (χ2n) is 10.2. The van der Waals surface area contributed by atoms with Gasteiger partial charge < -0.3 is 24.6 Å². The molecule has 0 spiro atoms. The summed E-state index contributed by atoms with van der Waals surface area (Å²) in [4.78, 5) is 31.4. The average molecular weight is 507 g/mol. The van der Waals surface area contributed by atoms with Crippen LogP contribution in [0.25, 0.3) is 0 Å². The Labute approximate surface area is 214 Å². The summed E-state index contributed by atoms with van der Waals surface area (Å²) in [6.45, 7) is 9.33. The molecule has 2 aromatic heterocycles. The Balaban J connectivity index is 1.07. The number of hydrogen-bond donors (Lipinski definition) is 3. The number of amides is 3. The first-order valence-electron chi connectivity index (χ1n) is 12.1. The molecule has 3 N–H and O–H groups in total. The van der Waals surface area contributed by atoms with Gasteiger partial charge in [0.15, 0.2) is 5.82 Å². The number of benzene rings is 1. The molecule has 2 aliphatic heterocycles. The van der Waals surface area contributed by atoms with Gasteiger partial charge in [0.05, 0.1) is 25.5 Å². The highest BCUT2D eigenvalue weighted by atomic mass is 16.5. The van der Waals surface area contributed by atoms with E-state index in [1.165, 1.54) is 0 Å². The minimum Gasteiger partial charge on any atom is -0.486 e. The zero-order valence-corrected chi connectivity index (χ0v) is 21.0. The van der Waals surface area contributed by atoms with Crippen LogP contribution in [0.15, 0.2) is 53.2 Å². The Kier molecular flexibility index (Phi) is 6.81. The third kappa shape index (κ3) is 6.07. The van der Waals surface area contributed by atoms with Crippen molar-refractivity contribution in [2.75, 3.05) is 42.3 Å². The van der Waals surface area contributed by atoms with Crippen molar-refractivity contribution in [2.45, 2.75) is 38.3 Å². The summed E-state index contributed by atoms with van der Waals surface area (Å²) < 4.78 is 16.4. The second kappa shape index (κ2) is 10.2. The number of nitrogens with zero attached hydrogens (tertiary/aromatic N) is 3. The van der Waals surface area contributed by atoms with Gasteiger partial charge in [-0.1, -0.05) is 25.9 Å². The van der Waals surface area contributed by atoms with Crippen LogP contribution < -0.4 is 20.7 Å². The second-order valence-corrected chi connectivity index (χ2v) is 10.2. The molecule has 0 atom stereocenters. The van der Waals surface area contributed by atoms with E-state index >= 15 is 0 Å². The average Bonchev–Trinajstić information content (AvgIpc) is 3.27. The van der Waals surface area contributed by atoms with Crippen molar-refractivity contribution < 1.29 is 23.6 Å². The summed E-state index contributed by atoms with van der Waals surface area (Å²) in [6, 6.07) is 11.9. The zero-order valence-electron chi connectivity index (χ0n) is 21.0. The molecule has 0 radical (unpaired) electrons. The number of rotatable bonds is 7. The smallest absolute Gasteiger partial charge is 0.324 e. The Morgan fingerprint density at radius 3 is 2.27 bits per heavy atom. The van der Waals surface area contributed by atoms with E-state index in [2.05, 4.69) is 31.0 Å². The topological polar surface area (TPSA) is 131 Å². The van der Waals surface area contributed by atoms with Crippen molar-refractivity contribution in [3.05, 3.63) is 60.1 Å². The van der Waals surface area contributed by atoms with Crippen LogP contribution in [-0.2, 0) is 10.2 Å². The maximum Gasteiger partial charge on any atom is 0.324 e. The Hall–Kier alpha value is -3.96. The minimum absolute atomic E-state index is 0.133. The first-order valence-corrected chi connectivity index (χ1v) is 12.1. The molecule has 11 nitrogen and oxygen atoms in total. The van der Waals surface area contributed by atoms with Crippen molar-refractivity contribution >= 4 is 29.1 Å². The van der Waals surface area contributed by atoms with Crippen LogP contribution in [0.1, 0.15) is 37.0 Å². The fourth-order valence-corrected chi connectivity index (χ4v) is 3.85. The maximum atomic E-state index is 12.6.